The molecule has 1 aliphatic rings. The van der Waals surface area contributed by atoms with E-state index < -0.39 is 12.1 Å². The van der Waals surface area contributed by atoms with E-state index in [1.165, 1.54) is 6.20 Å². The molecule has 35 heavy (non-hydrogen) atoms. The second kappa shape index (κ2) is 9.09. The number of fused-ring (bicyclic) bond motifs is 2. The monoisotopic (exact) mass is 480 g/mol. The Morgan fingerprint density at radius 2 is 1.97 bits per heavy atom. The van der Waals surface area contributed by atoms with Crippen LogP contribution in [0.1, 0.15) is 46.3 Å². The van der Waals surface area contributed by atoms with Crippen LogP contribution in [0.15, 0.2) is 48.9 Å². The zero-order valence-electron chi connectivity index (χ0n) is 19.0. The van der Waals surface area contributed by atoms with Gasteiger partial charge in [0.05, 0.1) is 11.6 Å². The van der Waals surface area contributed by atoms with Gasteiger partial charge in [-0.15, -0.1) is 0 Å². The molecule has 1 amide bonds. The van der Waals surface area contributed by atoms with Crippen molar-refractivity contribution in [2.45, 2.75) is 45.3 Å². The van der Waals surface area contributed by atoms with E-state index >= 15 is 0 Å². The van der Waals surface area contributed by atoms with Crippen LogP contribution in [-0.4, -0.2) is 36.4 Å². The van der Waals surface area contributed by atoms with Crippen molar-refractivity contribution in [3.8, 4) is 11.4 Å². The molecule has 5 rings (SSSR count). The highest BCUT2D eigenvalue weighted by Crippen LogP contribution is 2.36. The average molecular weight is 480 g/mol. The number of aryl methyl sites for hydroxylation is 2. The lowest BCUT2D eigenvalue weighted by Crippen LogP contribution is -2.29. The molecule has 1 atom stereocenters. The third kappa shape index (κ3) is 4.60. The minimum Gasteiger partial charge on any atom is -0.347 e. The predicted octanol–water partition coefficient (Wildman–Crippen LogP) is 4.35. The van der Waals surface area contributed by atoms with Crippen molar-refractivity contribution in [1.29, 1.82) is 0 Å². The van der Waals surface area contributed by atoms with Crippen LogP contribution in [0, 0.1) is 5.92 Å². The van der Waals surface area contributed by atoms with Crippen LogP contribution >= 0.6 is 0 Å². The summed E-state index contributed by atoms with van der Waals surface area (Å²) in [5.41, 5.74) is 4.06. The summed E-state index contributed by atoms with van der Waals surface area (Å²) in [5.74, 6) is -0.598. The highest BCUT2D eigenvalue weighted by molar-refractivity contribution is 5.94. The first-order valence-corrected chi connectivity index (χ1v) is 11.4. The third-order valence-electron chi connectivity index (χ3n) is 6.30. The maximum absolute atomic E-state index is 13.0. The molecule has 3 heterocycles. The minimum absolute atomic E-state index is 0.0495. The molecule has 7 nitrogen and oxygen atoms in total. The Morgan fingerprint density at radius 1 is 1.17 bits per heavy atom. The maximum atomic E-state index is 13.0. The number of nitrogens with one attached hydrogen (secondary N) is 1. The highest BCUT2D eigenvalue weighted by Gasteiger charge is 2.41. The molecule has 0 spiro atoms. The van der Waals surface area contributed by atoms with E-state index in [2.05, 4.69) is 25.3 Å². The van der Waals surface area contributed by atoms with Crippen LogP contribution in [0.5, 0.6) is 0 Å². The second-order valence-corrected chi connectivity index (χ2v) is 8.58. The molecule has 1 unspecified atom stereocenters. The van der Waals surface area contributed by atoms with E-state index in [0.717, 1.165) is 11.1 Å². The maximum Gasteiger partial charge on any atom is 0.392 e. The summed E-state index contributed by atoms with van der Waals surface area (Å²) in [6.45, 7) is 2.26. The Bertz CT molecular complexity index is 1380. The molecule has 1 aromatic carbocycles. The van der Waals surface area contributed by atoms with Gasteiger partial charge in [0, 0.05) is 36.4 Å². The summed E-state index contributed by atoms with van der Waals surface area (Å²) < 4.78 is 40.8. The highest BCUT2D eigenvalue weighted by atomic mass is 19.4. The molecule has 4 aromatic rings. The number of nitrogens with zero attached hydrogens (tertiary/aromatic N) is 5. The van der Waals surface area contributed by atoms with Crippen molar-refractivity contribution in [1.82, 2.24) is 29.7 Å². The lowest BCUT2D eigenvalue weighted by molar-refractivity contribution is -0.177. The molecule has 1 N–H and O–H groups in total. The van der Waals surface area contributed by atoms with E-state index in [9.17, 15) is 18.0 Å². The smallest absolute Gasteiger partial charge is 0.347 e. The van der Waals surface area contributed by atoms with Gasteiger partial charge in [-0.05, 0) is 42.9 Å². The number of aromatic nitrogens is 5. The number of amides is 1. The van der Waals surface area contributed by atoms with Gasteiger partial charge >= 0.3 is 6.18 Å². The zero-order valence-corrected chi connectivity index (χ0v) is 19.0. The summed E-state index contributed by atoms with van der Waals surface area (Å²) in [5, 5.41) is 2.93. The van der Waals surface area contributed by atoms with Crippen LogP contribution in [0.25, 0.3) is 17.2 Å². The Hall–Kier alpha value is -3.82. The van der Waals surface area contributed by atoms with Gasteiger partial charge in [-0.3, -0.25) is 9.20 Å². The van der Waals surface area contributed by atoms with E-state index in [1.54, 1.807) is 22.9 Å². The Labute approximate surface area is 199 Å². The van der Waals surface area contributed by atoms with Gasteiger partial charge in [0.25, 0.3) is 5.91 Å². The molecule has 3 aromatic heterocycles. The van der Waals surface area contributed by atoms with Gasteiger partial charge in [0.15, 0.2) is 5.82 Å². The first-order chi connectivity index (χ1) is 16.8. The number of rotatable bonds is 5. The van der Waals surface area contributed by atoms with Crippen LogP contribution < -0.4 is 5.32 Å². The minimum atomic E-state index is -4.19. The largest absolute Gasteiger partial charge is 0.392 e. The summed E-state index contributed by atoms with van der Waals surface area (Å²) in [7, 11) is 0. The predicted molar refractivity (Wildman–Crippen MR) is 123 cm³/mol. The summed E-state index contributed by atoms with van der Waals surface area (Å²) in [6, 6.07) is 9.19. The molecule has 0 bridgehead atoms. The molecule has 10 heteroatoms. The lowest BCUT2D eigenvalue weighted by atomic mass is 9.87. The first kappa shape index (κ1) is 22.9. The van der Waals surface area contributed by atoms with Crippen LogP contribution in [0.3, 0.4) is 0 Å². The fraction of sp³-hybridized carbons (Fsp3) is 0.320. The average Bonchev–Trinajstić information content (AvgIpc) is 3.25. The van der Waals surface area contributed by atoms with Gasteiger partial charge in [0.1, 0.15) is 5.69 Å². The van der Waals surface area contributed by atoms with Crippen molar-refractivity contribution < 1.29 is 18.0 Å². The summed E-state index contributed by atoms with van der Waals surface area (Å²) in [6.07, 6.45) is 1.60. The van der Waals surface area contributed by atoms with Gasteiger partial charge in [-0.1, -0.05) is 31.2 Å². The summed E-state index contributed by atoms with van der Waals surface area (Å²) >= 11 is 0. The van der Waals surface area contributed by atoms with Crippen LogP contribution in [0.4, 0.5) is 13.2 Å². The number of carbonyl (C=O) groups is 1. The van der Waals surface area contributed by atoms with Crippen LogP contribution in [-0.2, 0) is 25.8 Å². The number of benzene rings is 1. The number of hydrogen-bond donors (Lipinski definition) is 1. The van der Waals surface area contributed by atoms with Crippen molar-refractivity contribution in [3.05, 3.63) is 77.1 Å². The van der Waals surface area contributed by atoms with E-state index in [0.29, 0.717) is 47.2 Å². The molecular formula is C25H23F3N6O. The quantitative estimate of drug-likeness (QED) is 0.459. The lowest BCUT2D eigenvalue weighted by Gasteiger charge is -2.25. The van der Waals surface area contributed by atoms with E-state index in [1.807, 2.05) is 31.2 Å². The molecule has 180 valence electrons. The topological polar surface area (TPSA) is 85.1 Å². The number of hydrogen-bond acceptors (Lipinski definition) is 5. The number of imidazole rings is 1. The van der Waals surface area contributed by atoms with Crippen molar-refractivity contribution >= 4 is 11.7 Å². The van der Waals surface area contributed by atoms with E-state index in [4.69, 9.17) is 0 Å². The molecule has 0 saturated heterocycles. The number of alkyl halides is 3. The molecular weight excluding hydrogens is 457 g/mol. The zero-order chi connectivity index (χ0) is 24.6. The van der Waals surface area contributed by atoms with Crippen LogP contribution in [0.2, 0.25) is 0 Å². The Morgan fingerprint density at radius 3 is 2.71 bits per heavy atom. The van der Waals surface area contributed by atoms with E-state index in [-0.39, 0.29) is 25.2 Å². The SMILES string of the molecule is CCc1nc2ncccn2c1C(=O)NCc1ccc(-c2ncc3c(n2)CCC(C(F)(F)F)C3)cc1. The Kier molecular flexibility index (Phi) is 5.96. The molecule has 1 aliphatic carbocycles. The molecule has 0 aliphatic heterocycles. The van der Waals surface area contributed by atoms with Gasteiger partial charge < -0.3 is 5.32 Å². The molecule has 0 radical (unpaired) electrons. The fourth-order valence-electron chi connectivity index (χ4n) is 4.38. The standard InChI is InChI=1S/C25H23F3N6O/c1-2-19-21(34-11-3-10-29-24(34)33-19)23(35)31-13-15-4-6-16(7-5-15)22-30-14-17-12-18(25(26,27)28)8-9-20(17)32-22/h3-7,10-11,14,18H,2,8-9,12-13H2,1H3,(H,31,35). The number of carbonyl (C=O) groups excluding carboxylic acids is 1. The molecule has 0 fully saturated rings. The second-order valence-electron chi connectivity index (χ2n) is 8.58. The van der Waals surface area contributed by atoms with Gasteiger partial charge in [0.2, 0.25) is 5.78 Å². The van der Waals surface area contributed by atoms with Crippen molar-refractivity contribution in [2.24, 2.45) is 5.92 Å². The fourth-order valence-corrected chi connectivity index (χ4v) is 4.38. The van der Waals surface area contributed by atoms with Gasteiger partial charge in [-0.2, -0.15) is 13.2 Å². The summed E-state index contributed by atoms with van der Waals surface area (Å²) in [4.78, 5) is 30.3. The Balaban J connectivity index is 1.27. The number of halogens is 3. The molecule has 0 saturated carbocycles. The van der Waals surface area contributed by atoms with Crippen molar-refractivity contribution in [3.63, 3.8) is 0 Å². The first-order valence-electron chi connectivity index (χ1n) is 11.4. The normalized spacial score (nSPS) is 15.7. The third-order valence-corrected chi connectivity index (χ3v) is 6.30. The van der Waals surface area contributed by atoms with Gasteiger partial charge in [-0.25, -0.2) is 19.9 Å². The van der Waals surface area contributed by atoms with Crippen molar-refractivity contribution in [2.75, 3.05) is 0 Å².